The minimum Gasteiger partial charge on any atom is -0.373 e. The molecule has 3 unspecified atom stereocenters. The normalized spacial score (nSPS) is 25.8. The Labute approximate surface area is 95.2 Å². The van der Waals surface area contributed by atoms with Crippen LogP contribution in [-0.2, 0) is 4.74 Å². The molecule has 0 amide bonds. The molecule has 6 nitrogen and oxygen atoms in total. The Hall–Kier alpha value is -1.28. The predicted octanol–water partition coefficient (Wildman–Crippen LogP) is 1.74. The first kappa shape index (κ1) is 12.8. The Kier molecular flexibility index (Phi) is 5.65. The van der Waals surface area contributed by atoms with Crippen molar-refractivity contribution in [3.8, 4) is 6.07 Å². The zero-order chi connectivity index (χ0) is 11.8. The van der Waals surface area contributed by atoms with Gasteiger partial charge in [0.2, 0.25) is 0 Å². The van der Waals surface area contributed by atoms with Crippen molar-refractivity contribution in [1.82, 2.24) is 5.32 Å². The first-order valence-electron chi connectivity index (χ1n) is 5.57. The smallest absolute Gasteiger partial charge is 0.122 e. The number of nitrogens with zero attached hydrogens (tertiary/aromatic N) is 4. The van der Waals surface area contributed by atoms with Crippen molar-refractivity contribution < 1.29 is 4.74 Å². The first-order valence-corrected chi connectivity index (χ1v) is 5.57. The second-order valence-corrected chi connectivity index (χ2v) is 3.93. The molecule has 6 heteroatoms. The van der Waals surface area contributed by atoms with Gasteiger partial charge in [0.25, 0.3) is 0 Å². The molecule has 16 heavy (non-hydrogen) atoms. The molecule has 1 saturated heterocycles. The maximum atomic E-state index is 9.00. The number of nitrogens with one attached hydrogen (secondary N) is 1. The molecule has 0 aromatic rings. The van der Waals surface area contributed by atoms with Gasteiger partial charge < -0.3 is 4.74 Å². The van der Waals surface area contributed by atoms with E-state index in [1.165, 1.54) is 0 Å². The fraction of sp³-hybridized carbons (Fsp3) is 0.900. The summed E-state index contributed by atoms with van der Waals surface area (Å²) in [6, 6.07) is 1.96. The SMILES string of the molecule is CC1CCC(C(C#N)NCCCN=[N+]=[N-])O1. The summed E-state index contributed by atoms with van der Waals surface area (Å²) in [5.74, 6) is 0. The summed E-state index contributed by atoms with van der Waals surface area (Å²) < 4.78 is 5.63. The molecule has 1 N–H and O–H groups in total. The maximum absolute atomic E-state index is 9.00. The molecule has 1 fully saturated rings. The molecule has 3 atom stereocenters. The van der Waals surface area contributed by atoms with Crippen molar-refractivity contribution in [2.45, 2.75) is 44.4 Å². The summed E-state index contributed by atoms with van der Waals surface area (Å²) in [5, 5.41) is 15.6. The Morgan fingerprint density at radius 1 is 1.69 bits per heavy atom. The van der Waals surface area contributed by atoms with Gasteiger partial charge in [-0.2, -0.15) is 5.26 Å². The van der Waals surface area contributed by atoms with E-state index in [0.717, 1.165) is 19.3 Å². The average Bonchev–Trinajstić information content (AvgIpc) is 2.70. The zero-order valence-electron chi connectivity index (χ0n) is 9.46. The molecular formula is C10H17N5O. The molecule has 0 aromatic carbocycles. The van der Waals surface area contributed by atoms with Gasteiger partial charge in [0.1, 0.15) is 6.04 Å². The number of nitriles is 1. The monoisotopic (exact) mass is 223 g/mol. The third-order valence-corrected chi connectivity index (χ3v) is 2.64. The summed E-state index contributed by atoms with van der Waals surface area (Å²) in [6.45, 7) is 3.16. The lowest BCUT2D eigenvalue weighted by atomic mass is 10.1. The lowest BCUT2D eigenvalue weighted by molar-refractivity contribution is 0.0433. The van der Waals surface area contributed by atoms with Gasteiger partial charge in [-0.3, -0.25) is 5.32 Å². The van der Waals surface area contributed by atoms with Gasteiger partial charge in [0.05, 0.1) is 18.3 Å². The largest absolute Gasteiger partial charge is 0.373 e. The van der Waals surface area contributed by atoms with E-state index in [1.807, 2.05) is 6.92 Å². The molecule has 0 bridgehead atoms. The lowest BCUT2D eigenvalue weighted by Crippen LogP contribution is -2.39. The summed E-state index contributed by atoms with van der Waals surface area (Å²) in [7, 11) is 0. The van der Waals surface area contributed by atoms with Crippen LogP contribution in [0.3, 0.4) is 0 Å². The van der Waals surface area contributed by atoms with E-state index in [4.69, 9.17) is 15.5 Å². The van der Waals surface area contributed by atoms with Crippen LogP contribution in [0.5, 0.6) is 0 Å². The highest BCUT2D eigenvalue weighted by molar-refractivity contribution is 4.98. The molecule has 0 radical (unpaired) electrons. The molecule has 0 aromatic heterocycles. The Bertz CT molecular complexity index is 294. The molecule has 1 aliphatic heterocycles. The van der Waals surface area contributed by atoms with Crippen molar-refractivity contribution in [2.24, 2.45) is 5.11 Å². The molecule has 1 rings (SSSR count). The van der Waals surface area contributed by atoms with Gasteiger partial charge >= 0.3 is 0 Å². The van der Waals surface area contributed by atoms with Crippen LogP contribution in [0.2, 0.25) is 0 Å². The van der Waals surface area contributed by atoms with E-state index in [1.54, 1.807) is 0 Å². The van der Waals surface area contributed by atoms with Crippen molar-refractivity contribution in [2.75, 3.05) is 13.1 Å². The fourth-order valence-electron chi connectivity index (χ4n) is 1.79. The van der Waals surface area contributed by atoms with Gasteiger partial charge in [-0.25, -0.2) is 0 Å². The number of rotatable bonds is 6. The van der Waals surface area contributed by atoms with Crippen LogP contribution >= 0.6 is 0 Å². The van der Waals surface area contributed by atoms with E-state index in [0.29, 0.717) is 13.1 Å². The molecule has 0 aliphatic carbocycles. The van der Waals surface area contributed by atoms with Crippen LogP contribution in [0.25, 0.3) is 10.4 Å². The fourth-order valence-corrected chi connectivity index (χ4v) is 1.79. The molecule has 1 heterocycles. The average molecular weight is 223 g/mol. The van der Waals surface area contributed by atoms with Crippen LogP contribution < -0.4 is 5.32 Å². The van der Waals surface area contributed by atoms with Gasteiger partial charge in [-0.05, 0) is 38.3 Å². The van der Waals surface area contributed by atoms with E-state index < -0.39 is 0 Å². The van der Waals surface area contributed by atoms with E-state index in [-0.39, 0.29) is 18.2 Å². The second-order valence-electron chi connectivity index (χ2n) is 3.93. The third kappa shape index (κ3) is 4.07. The third-order valence-electron chi connectivity index (χ3n) is 2.64. The molecular weight excluding hydrogens is 206 g/mol. The lowest BCUT2D eigenvalue weighted by Gasteiger charge is -2.18. The van der Waals surface area contributed by atoms with Crippen molar-refractivity contribution in [1.29, 1.82) is 5.26 Å². The highest BCUT2D eigenvalue weighted by Gasteiger charge is 2.28. The van der Waals surface area contributed by atoms with Crippen molar-refractivity contribution in [3.63, 3.8) is 0 Å². The first-order chi connectivity index (χ1) is 7.77. The van der Waals surface area contributed by atoms with Crippen LogP contribution in [0.15, 0.2) is 5.11 Å². The van der Waals surface area contributed by atoms with Crippen molar-refractivity contribution >= 4 is 0 Å². The predicted molar refractivity (Wildman–Crippen MR) is 59.6 cm³/mol. The van der Waals surface area contributed by atoms with Gasteiger partial charge in [0.15, 0.2) is 0 Å². The topological polar surface area (TPSA) is 93.8 Å². The quantitative estimate of drug-likeness (QED) is 0.321. The second kappa shape index (κ2) is 7.07. The van der Waals surface area contributed by atoms with Crippen LogP contribution in [-0.4, -0.2) is 31.3 Å². The van der Waals surface area contributed by atoms with Gasteiger partial charge in [-0.15, -0.1) is 0 Å². The van der Waals surface area contributed by atoms with Gasteiger partial charge in [0, 0.05) is 11.5 Å². The van der Waals surface area contributed by atoms with Crippen LogP contribution in [0, 0.1) is 11.3 Å². The van der Waals surface area contributed by atoms with E-state index in [2.05, 4.69) is 21.4 Å². The molecule has 88 valence electrons. The number of hydrogen-bond donors (Lipinski definition) is 1. The number of ether oxygens (including phenoxy) is 1. The maximum Gasteiger partial charge on any atom is 0.122 e. The molecule has 1 aliphatic rings. The Morgan fingerprint density at radius 2 is 2.50 bits per heavy atom. The summed E-state index contributed by atoms with van der Waals surface area (Å²) in [5.41, 5.74) is 8.09. The molecule has 0 saturated carbocycles. The summed E-state index contributed by atoms with van der Waals surface area (Å²) >= 11 is 0. The highest BCUT2D eigenvalue weighted by atomic mass is 16.5. The Morgan fingerprint density at radius 3 is 3.06 bits per heavy atom. The number of azide groups is 1. The zero-order valence-corrected chi connectivity index (χ0v) is 9.46. The Balaban J connectivity index is 2.22. The number of hydrogen-bond acceptors (Lipinski definition) is 4. The molecule has 0 spiro atoms. The minimum absolute atomic E-state index is 0.000493. The minimum atomic E-state index is -0.254. The standard InChI is InChI=1S/C10H17N5O/c1-8-3-4-10(16-8)9(7-11)13-5-2-6-14-15-12/h8-10,13H,2-6H2,1H3. The van der Waals surface area contributed by atoms with Gasteiger partial charge in [-0.1, -0.05) is 5.11 Å². The van der Waals surface area contributed by atoms with Crippen LogP contribution in [0.4, 0.5) is 0 Å². The van der Waals surface area contributed by atoms with E-state index in [9.17, 15) is 0 Å². The van der Waals surface area contributed by atoms with Crippen molar-refractivity contribution in [3.05, 3.63) is 10.4 Å². The summed E-state index contributed by atoms with van der Waals surface area (Å²) in [6.07, 6.45) is 2.95. The summed E-state index contributed by atoms with van der Waals surface area (Å²) in [4.78, 5) is 2.67. The highest BCUT2D eigenvalue weighted by Crippen LogP contribution is 2.21. The van der Waals surface area contributed by atoms with Crippen LogP contribution in [0.1, 0.15) is 26.2 Å². The van der Waals surface area contributed by atoms with E-state index >= 15 is 0 Å².